The summed E-state index contributed by atoms with van der Waals surface area (Å²) in [6.07, 6.45) is 7.50. The topological polar surface area (TPSA) is 41.1 Å². The molecule has 0 saturated carbocycles. The second-order valence-corrected chi connectivity index (χ2v) is 3.53. The van der Waals surface area contributed by atoms with Crippen molar-refractivity contribution in [3.05, 3.63) is 24.1 Å². The minimum absolute atomic E-state index is 0.00316. The van der Waals surface area contributed by atoms with Crippen LogP contribution >= 0.6 is 0 Å². The Labute approximate surface area is 96.8 Å². The van der Waals surface area contributed by atoms with Crippen molar-refractivity contribution in [3.63, 3.8) is 0 Å². The first-order chi connectivity index (χ1) is 7.66. The Kier molecular flexibility index (Phi) is 9.61. The highest BCUT2D eigenvalue weighted by Crippen LogP contribution is 2.01. The fourth-order valence-corrected chi connectivity index (χ4v) is 1.12. The summed E-state index contributed by atoms with van der Waals surface area (Å²) in [6, 6.07) is 0. The van der Waals surface area contributed by atoms with Crippen LogP contribution < -0.4 is 10.6 Å². The molecule has 0 fully saturated rings. The quantitative estimate of drug-likeness (QED) is 0.492. The van der Waals surface area contributed by atoms with Crippen molar-refractivity contribution in [2.45, 2.75) is 26.2 Å². The van der Waals surface area contributed by atoms with Gasteiger partial charge in [0.25, 0.3) is 0 Å². The van der Waals surface area contributed by atoms with Crippen LogP contribution in [0.5, 0.6) is 0 Å². The molecule has 0 aliphatic carbocycles. The highest BCUT2D eigenvalue weighted by atomic mass is 19.1. The van der Waals surface area contributed by atoms with Crippen LogP contribution in [0.15, 0.2) is 24.1 Å². The average molecular weight is 228 g/mol. The normalized spacial score (nSPS) is 12.1. The molecule has 0 aromatic carbocycles. The smallest absolute Gasteiger partial charge is 0.216 e. The number of rotatable bonds is 8. The third-order valence-corrected chi connectivity index (χ3v) is 1.95. The van der Waals surface area contributed by atoms with Crippen LogP contribution in [0.25, 0.3) is 0 Å². The Morgan fingerprint density at radius 2 is 2.12 bits per heavy atom. The molecule has 16 heavy (non-hydrogen) atoms. The van der Waals surface area contributed by atoms with Gasteiger partial charge in [-0.05, 0) is 38.5 Å². The van der Waals surface area contributed by atoms with Crippen molar-refractivity contribution in [1.29, 1.82) is 0 Å². The standard InChI is InChI=1S/C12H21FN2O/c1-11(16)15-9-6-4-3-5-7-12(13)8-10-14-2/h5,7-8,14H,3-4,6,9-10H2,1-2H3,(H,15,16)/b7-5-,12-8+. The number of nitrogens with one attached hydrogen (secondary N) is 2. The van der Waals surface area contributed by atoms with Gasteiger partial charge in [-0.2, -0.15) is 0 Å². The van der Waals surface area contributed by atoms with Gasteiger partial charge in [0.2, 0.25) is 5.91 Å². The summed E-state index contributed by atoms with van der Waals surface area (Å²) in [4.78, 5) is 10.5. The zero-order chi connectivity index (χ0) is 12.2. The first kappa shape index (κ1) is 14.8. The molecule has 0 spiro atoms. The van der Waals surface area contributed by atoms with E-state index in [2.05, 4.69) is 10.6 Å². The van der Waals surface area contributed by atoms with E-state index in [0.717, 1.165) is 19.3 Å². The number of amides is 1. The Morgan fingerprint density at radius 3 is 2.75 bits per heavy atom. The molecule has 3 nitrogen and oxygen atoms in total. The van der Waals surface area contributed by atoms with Crippen LogP contribution in [-0.2, 0) is 4.79 Å². The van der Waals surface area contributed by atoms with Crippen molar-refractivity contribution < 1.29 is 9.18 Å². The highest BCUT2D eigenvalue weighted by molar-refractivity contribution is 5.72. The molecular weight excluding hydrogens is 207 g/mol. The second kappa shape index (κ2) is 10.4. The number of hydrogen-bond acceptors (Lipinski definition) is 2. The number of carbonyl (C=O) groups excluding carboxylic acids is 1. The highest BCUT2D eigenvalue weighted by Gasteiger charge is 1.90. The number of carbonyl (C=O) groups is 1. The van der Waals surface area contributed by atoms with Gasteiger partial charge in [0.05, 0.1) is 0 Å². The summed E-state index contributed by atoms with van der Waals surface area (Å²) in [5, 5.41) is 5.55. The number of hydrogen-bond donors (Lipinski definition) is 2. The molecule has 2 N–H and O–H groups in total. The van der Waals surface area contributed by atoms with Gasteiger partial charge in [-0.3, -0.25) is 4.79 Å². The number of likely N-dealkylation sites (N-methyl/N-ethyl adjacent to an activating group) is 1. The second-order valence-electron chi connectivity index (χ2n) is 3.53. The van der Waals surface area contributed by atoms with Crippen molar-refractivity contribution >= 4 is 5.91 Å². The number of unbranched alkanes of at least 4 members (excludes halogenated alkanes) is 2. The van der Waals surface area contributed by atoms with Crippen LogP contribution in [0.2, 0.25) is 0 Å². The molecule has 0 heterocycles. The Morgan fingerprint density at radius 1 is 1.38 bits per heavy atom. The molecule has 0 saturated heterocycles. The fraction of sp³-hybridized carbons (Fsp3) is 0.583. The molecule has 0 rings (SSSR count). The first-order valence-corrected chi connectivity index (χ1v) is 5.58. The molecule has 4 heteroatoms. The van der Waals surface area contributed by atoms with E-state index in [1.807, 2.05) is 6.08 Å². The molecule has 1 amide bonds. The van der Waals surface area contributed by atoms with Gasteiger partial charge >= 0.3 is 0 Å². The third-order valence-electron chi connectivity index (χ3n) is 1.95. The lowest BCUT2D eigenvalue weighted by molar-refractivity contribution is -0.118. The maximum atomic E-state index is 12.9. The Hall–Kier alpha value is -1.16. The largest absolute Gasteiger partial charge is 0.356 e. The summed E-state index contributed by atoms with van der Waals surface area (Å²) in [6.45, 7) is 2.74. The summed E-state index contributed by atoms with van der Waals surface area (Å²) in [5.74, 6) is -0.215. The van der Waals surface area contributed by atoms with Gasteiger partial charge in [-0.15, -0.1) is 0 Å². The Bertz CT molecular complexity index is 249. The monoisotopic (exact) mass is 228 g/mol. The van der Waals surface area contributed by atoms with Crippen LogP contribution in [0.3, 0.4) is 0 Å². The summed E-state index contributed by atoms with van der Waals surface area (Å²) in [5.41, 5.74) is 0. The Balaban J connectivity index is 3.43. The lowest BCUT2D eigenvalue weighted by Crippen LogP contribution is -2.20. The zero-order valence-electron chi connectivity index (χ0n) is 10.1. The minimum Gasteiger partial charge on any atom is -0.356 e. The zero-order valence-corrected chi connectivity index (χ0v) is 10.1. The summed E-state index contributed by atoms with van der Waals surface area (Å²) >= 11 is 0. The van der Waals surface area contributed by atoms with E-state index in [4.69, 9.17) is 0 Å². The molecule has 0 aliphatic heterocycles. The van der Waals surface area contributed by atoms with Crippen LogP contribution in [-0.4, -0.2) is 26.0 Å². The molecular formula is C12H21FN2O. The maximum Gasteiger partial charge on any atom is 0.216 e. The lowest BCUT2D eigenvalue weighted by atomic mass is 10.2. The molecule has 0 aliphatic rings. The van der Waals surface area contributed by atoms with Crippen molar-refractivity contribution in [2.75, 3.05) is 20.1 Å². The van der Waals surface area contributed by atoms with E-state index in [-0.39, 0.29) is 11.7 Å². The molecule has 0 atom stereocenters. The van der Waals surface area contributed by atoms with Crippen LogP contribution in [0.4, 0.5) is 4.39 Å². The van der Waals surface area contributed by atoms with E-state index < -0.39 is 0 Å². The summed E-state index contributed by atoms with van der Waals surface area (Å²) < 4.78 is 12.9. The van der Waals surface area contributed by atoms with Gasteiger partial charge in [0.15, 0.2) is 0 Å². The summed E-state index contributed by atoms with van der Waals surface area (Å²) in [7, 11) is 1.77. The number of halogens is 1. The van der Waals surface area contributed by atoms with Crippen molar-refractivity contribution in [3.8, 4) is 0 Å². The van der Waals surface area contributed by atoms with E-state index >= 15 is 0 Å². The van der Waals surface area contributed by atoms with Gasteiger partial charge < -0.3 is 10.6 Å². The van der Waals surface area contributed by atoms with E-state index in [1.54, 1.807) is 7.05 Å². The molecule has 0 bridgehead atoms. The predicted octanol–water partition coefficient (Wildman–Crippen LogP) is 1.92. The SMILES string of the molecule is CNC/C=C(F)\C=C/CCCCNC(C)=O. The molecule has 0 radical (unpaired) electrons. The van der Waals surface area contributed by atoms with Gasteiger partial charge in [-0.25, -0.2) is 4.39 Å². The average Bonchev–Trinajstić information content (AvgIpc) is 2.24. The van der Waals surface area contributed by atoms with Gasteiger partial charge in [-0.1, -0.05) is 6.08 Å². The molecule has 0 aromatic heterocycles. The van der Waals surface area contributed by atoms with Gasteiger partial charge in [0.1, 0.15) is 5.83 Å². The van der Waals surface area contributed by atoms with E-state index in [1.165, 1.54) is 19.1 Å². The van der Waals surface area contributed by atoms with Crippen molar-refractivity contribution in [1.82, 2.24) is 10.6 Å². The molecule has 0 unspecified atom stereocenters. The van der Waals surface area contributed by atoms with Crippen LogP contribution in [0.1, 0.15) is 26.2 Å². The van der Waals surface area contributed by atoms with E-state index in [9.17, 15) is 9.18 Å². The van der Waals surface area contributed by atoms with E-state index in [0.29, 0.717) is 13.1 Å². The molecule has 0 aromatic rings. The first-order valence-electron chi connectivity index (χ1n) is 5.58. The van der Waals surface area contributed by atoms with Crippen molar-refractivity contribution in [2.24, 2.45) is 0 Å². The lowest BCUT2D eigenvalue weighted by Gasteiger charge is -1.99. The fourth-order valence-electron chi connectivity index (χ4n) is 1.12. The van der Waals surface area contributed by atoms with Crippen LogP contribution in [0, 0.1) is 0 Å². The number of allylic oxidation sites excluding steroid dienone is 3. The van der Waals surface area contributed by atoms with Gasteiger partial charge in [0, 0.05) is 20.0 Å². The minimum atomic E-state index is -0.212. The maximum absolute atomic E-state index is 12.9. The molecule has 92 valence electrons. The third kappa shape index (κ3) is 10.9. The predicted molar refractivity (Wildman–Crippen MR) is 64.8 cm³/mol.